The zero-order chi connectivity index (χ0) is 21.1. The van der Waals surface area contributed by atoms with Crippen molar-refractivity contribution in [2.24, 2.45) is 5.92 Å². The lowest BCUT2D eigenvalue weighted by Crippen LogP contribution is -2.43. The van der Waals surface area contributed by atoms with E-state index in [1.54, 1.807) is 36.5 Å². The lowest BCUT2D eigenvalue weighted by atomic mass is 9.84. The first-order valence-corrected chi connectivity index (χ1v) is 10.6. The second kappa shape index (κ2) is 8.83. The highest BCUT2D eigenvalue weighted by molar-refractivity contribution is 6.31. The molecule has 4 rings (SSSR count). The number of amides is 1. The van der Waals surface area contributed by atoms with Crippen molar-refractivity contribution in [1.29, 1.82) is 0 Å². The number of H-pyrrole nitrogens is 1. The Bertz CT molecular complexity index is 1170. The van der Waals surface area contributed by atoms with Crippen molar-refractivity contribution < 1.29 is 4.79 Å². The van der Waals surface area contributed by atoms with Gasteiger partial charge in [0.2, 0.25) is 5.91 Å². The van der Waals surface area contributed by atoms with Crippen LogP contribution in [-0.4, -0.2) is 20.4 Å². The molecule has 0 radical (unpaired) electrons. The molecule has 156 valence electrons. The monoisotopic (exact) mass is 426 g/mol. The number of carbonyl (C=O) groups excluding carboxylic acids is 1. The largest absolute Gasteiger partial charge is 0.329 e. The fraction of sp³-hybridized carbons (Fsp3) is 0.364. The van der Waals surface area contributed by atoms with E-state index >= 15 is 0 Å². The summed E-state index contributed by atoms with van der Waals surface area (Å²) in [5.74, 6) is 0.249. The van der Waals surface area contributed by atoms with E-state index in [1.807, 2.05) is 0 Å². The number of benzene rings is 1. The molecule has 7 nitrogen and oxygen atoms in total. The van der Waals surface area contributed by atoms with Gasteiger partial charge in [-0.15, -0.1) is 0 Å². The smallest absolute Gasteiger partial charge is 0.309 e. The van der Waals surface area contributed by atoms with Gasteiger partial charge in [0.1, 0.15) is 11.9 Å². The van der Waals surface area contributed by atoms with Crippen LogP contribution in [0.4, 0.5) is 5.82 Å². The molecule has 0 bridgehead atoms. The molecular formula is C22H23ClN4O3. The predicted molar refractivity (Wildman–Crippen MR) is 117 cm³/mol. The Morgan fingerprint density at radius 2 is 2.00 bits per heavy atom. The summed E-state index contributed by atoms with van der Waals surface area (Å²) in [5, 5.41) is 3.49. The first-order valence-electron chi connectivity index (χ1n) is 10.2. The topological polar surface area (TPSA) is 96.8 Å². The molecule has 1 aliphatic carbocycles. The van der Waals surface area contributed by atoms with E-state index in [4.69, 9.17) is 11.6 Å². The minimum atomic E-state index is -0.925. The maximum atomic E-state index is 13.2. The average Bonchev–Trinajstić information content (AvgIpc) is 2.74. The number of pyridine rings is 1. The van der Waals surface area contributed by atoms with Crippen LogP contribution in [0, 0.1) is 5.92 Å². The number of hydrogen-bond acceptors (Lipinski definition) is 4. The second-order valence-corrected chi connectivity index (χ2v) is 8.19. The van der Waals surface area contributed by atoms with Gasteiger partial charge in [0.05, 0.1) is 10.9 Å². The summed E-state index contributed by atoms with van der Waals surface area (Å²) < 4.78 is 1.04. The van der Waals surface area contributed by atoms with Gasteiger partial charge in [-0.2, -0.15) is 0 Å². The molecule has 1 amide bonds. The van der Waals surface area contributed by atoms with Crippen LogP contribution in [-0.2, 0) is 4.79 Å². The van der Waals surface area contributed by atoms with Crippen LogP contribution < -0.4 is 16.6 Å². The van der Waals surface area contributed by atoms with E-state index in [2.05, 4.69) is 15.3 Å². The molecule has 1 unspecified atom stereocenters. The molecule has 2 heterocycles. The summed E-state index contributed by atoms with van der Waals surface area (Å²) in [6.07, 6.45) is 7.36. The van der Waals surface area contributed by atoms with Crippen LogP contribution in [0.2, 0.25) is 5.02 Å². The number of nitrogens with zero attached hydrogens (tertiary/aromatic N) is 2. The Balaban J connectivity index is 1.76. The van der Waals surface area contributed by atoms with Gasteiger partial charge < -0.3 is 10.3 Å². The molecular weight excluding hydrogens is 404 g/mol. The highest BCUT2D eigenvalue weighted by Gasteiger charge is 2.29. The van der Waals surface area contributed by atoms with Crippen molar-refractivity contribution in [3.8, 4) is 0 Å². The summed E-state index contributed by atoms with van der Waals surface area (Å²) in [5.41, 5.74) is -0.760. The lowest BCUT2D eigenvalue weighted by molar-refractivity contribution is -0.120. The van der Waals surface area contributed by atoms with E-state index in [1.165, 1.54) is 12.5 Å². The lowest BCUT2D eigenvalue weighted by Gasteiger charge is -2.26. The van der Waals surface area contributed by atoms with E-state index < -0.39 is 23.2 Å². The van der Waals surface area contributed by atoms with Crippen LogP contribution in [0.3, 0.4) is 0 Å². The number of aromatic nitrogens is 3. The second-order valence-electron chi connectivity index (χ2n) is 7.75. The highest BCUT2D eigenvalue weighted by Crippen LogP contribution is 2.30. The number of hydrogen-bond donors (Lipinski definition) is 2. The van der Waals surface area contributed by atoms with Crippen molar-refractivity contribution in [3.63, 3.8) is 0 Å². The van der Waals surface area contributed by atoms with E-state index in [0.29, 0.717) is 28.2 Å². The molecule has 3 aromatic rings. The molecule has 30 heavy (non-hydrogen) atoms. The van der Waals surface area contributed by atoms with Crippen molar-refractivity contribution in [3.05, 3.63) is 68.5 Å². The minimum Gasteiger partial charge on any atom is -0.309 e. The summed E-state index contributed by atoms with van der Waals surface area (Å²) in [7, 11) is 0. The predicted octanol–water partition coefficient (Wildman–Crippen LogP) is 3.89. The summed E-state index contributed by atoms with van der Waals surface area (Å²) in [6, 6.07) is 8.96. The molecule has 1 aromatic carbocycles. The SMILES string of the molecule is O=C(Nc1ccccn1)C(CC1CCCCC1)n1c(=O)[nH]c2cc(Cl)ccc2c1=O. The molecule has 1 atom stereocenters. The van der Waals surface area contributed by atoms with Gasteiger partial charge in [-0.05, 0) is 42.7 Å². The quantitative estimate of drug-likeness (QED) is 0.646. The van der Waals surface area contributed by atoms with Crippen molar-refractivity contribution >= 4 is 34.2 Å². The minimum absolute atomic E-state index is 0.283. The van der Waals surface area contributed by atoms with E-state index in [9.17, 15) is 14.4 Å². The standard InChI is InChI=1S/C22H23ClN4O3/c23-15-9-10-16-17(13-15)25-22(30)27(21(16)29)18(12-14-6-2-1-3-7-14)20(28)26-19-8-4-5-11-24-19/h4-5,8-11,13-14,18H,1-3,6-7,12H2,(H,25,30)(H,24,26,28). The maximum absolute atomic E-state index is 13.2. The third-order valence-corrected chi connectivity index (χ3v) is 5.94. The summed E-state index contributed by atoms with van der Waals surface area (Å²) in [6.45, 7) is 0. The molecule has 1 fully saturated rings. The zero-order valence-electron chi connectivity index (χ0n) is 16.4. The van der Waals surface area contributed by atoms with Crippen molar-refractivity contribution in [1.82, 2.24) is 14.5 Å². The summed E-state index contributed by atoms with van der Waals surface area (Å²) in [4.78, 5) is 46.1. The van der Waals surface area contributed by atoms with Crippen molar-refractivity contribution in [2.75, 3.05) is 5.32 Å². The molecule has 0 spiro atoms. The third kappa shape index (κ3) is 4.31. The number of aromatic amines is 1. The van der Waals surface area contributed by atoms with Crippen LogP contribution in [0.5, 0.6) is 0 Å². The first-order chi connectivity index (χ1) is 14.5. The van der Waals surface area contributed by atoms with Gasteiger partial charge in [-0.3, -0.25) is 9.59 Å². The molecule has 0 saturated heterocycles. The zero-order valence-corrected chi connectivity index (χ0v) is 17.2. The molecule has 2 aromatic heterocycles. The number of halogens is 1. The Kier molecular flexibility index (Phi) is 5.99. The Morgan fingerprint density at radius 3 is 2.73 bits per heavy atom. The average molecular weight is 427 g/mol. The van der Waals surface area contributed by atoms with Crippen LogP contribution in [0.15, 0.2) is 52.2 Å². The molecule has 1 saturated carbocycles. The fourth-order valence-electron chi connectivity index (χ4n) is 4.20. The van der Waals surface area contributed by atoms with Gasteiger partial charge in [0, 0.05) is 11.2 Å². The number of rotatable bonds is 5. The van der Waals surface area contributed by atoms with Gasteiger partial charge in [-0.1, -0.05) is 49.8 Å². The Morgan fingerprint density at radius 1 is 1.20 bits per heavy atom. The van der Waals surface area contributed by atoms with Crippen molar-refractivity contribution in [2.45, 2.75) is 44.6 Å². The fourth-order valence-corrected chi connectivity index (χ4v) is 4.37. The normalized spacial score (nSPS) is 15.8. The third-order valence-electron chi connectivity index (χ3n) is 5.70. The van der Waals surface area contributed by atoms with Gasteiger partial charge in [0.15, 0.2) is 0 Å². The van der Waals surface area contributed by atoms with Gasteiger partial charge in [0.25, 0.3) is 5.56 Å². The van der Waals surface area contributed by atoms with Crippen LogP contribution in [0.25, 0.3) is 10.9 Å². The Hall–Kier alpha value is -2.93. The van der Waals surface area contributed by atoms with Gasteiger partial charge in [-0.25, -0.2) is 14.3 Å². The molecule has 2 N–H and O–H groups in total. The molecule has 0 aliphatic heterocycles. The molecule has 8 heteroatoms. The maximum Gasteiger partial charge on any atom is 0.329 e. The van der Waals surface area contributed by atoms with E-state index in [0.717, 1.165) is 30.3 Å². The number of nitrogens with one attached hydrogen (secondary N) is 2. The van der Waals surface area contributed by atoms with E-state index in [-0.39, 0.29) is 5.92 Å². The number of carbonyl (C=O) groups is 1. The summed E-state index contributed by atoms with van der Waals surface area (Å²) >= 11 is 5.99. The Labute approximate surface area is 178 Å². The number of anilines is 1. The molecule has 1 aliphatic rings. The van der Waals surface area contributed by atoms with Crippen LogP contribution >= 0.6 is 11.6 Å². The van der Waals surface area contributed by atoms with Gasteiger partial charge >= 0.3 is 5.69 Å². The highest BCUT2D eigenvalue weighted by atomic mass is 35.5. The number of fused-ring (bicyclic) bond motifs is 1. The van der Waals surface area contributed by atoms with Crippen LogP contribution in [0.1, 0.15) is 44.6 Å². The first kappa shape index (κ1) is 20.3.